The fourth-order valence-corrected chi connectivity index (χ4v) is 6.00. The van der Waals surface area contributed by atoms with Crippen molar-refractivity contribution in [3.05, 3.63) is 53.1 Å². The van der Waals surface area contributed by atoms with Crippen LogP contribution in [0.1, 0.15) is 55.7 Å². The number of ether oxygens (including phenoxy) is 1. The maximum atomic E-state index is 14.8. The number of aliphatic hydroxyl groups is 5. The summed E-state index contributed by atoms with van der Waals surface area (Å²) in [5, 5.41) is 50.8. The van der Waals surface area contributed by atoms with E-state index in [2.05, 4.69) is 27.1 Å². The molecule has 0 radical (unpaired) electrons. The number of Topliss-reactive ketones (excluding diaryl/α,β-unsaturated/α-hetero) is 1. The molecule has 0 spiro atoms. The van der Waals surface area contributed by atoms with E-state index in [0.29, 0.717) is 44.1 Å². The van der Waals surface area contributed by atoms with Crippen LogP contribution in [0.15, 0.2) is 30.6 Å². The summed E-state index contributed by atoms with van der Waals surface area (Å²) in [6.45, 7) is 4.65. The molecular weight excluding hydrogens is 583 g/mol. The molecule has 4 rings (SSSR count). The van der Waals surface area contributed by atoms with Crippen LogP contribution in [-0.4, -0.2) is 105 Å². The smallest absolute Gasteiger partial charge is 0.225 e. The Labute approximate surface area is 264 Å². The molecule has 0 bridgehead atoms. The Morgan fingerprint density at radius 3 is 2.38 bits per heavy atom. The SMILES string of the molecule is CCc1cnc(N2CCC(CCOCc3ccc(CC(=O)C4CC(CNC[C@H](O)[C@@H](O)[C@H](O)[C@H](O)CO)C4)c(F)c3)CC2)nc1. The first kappa shape index (κ1) is 35.3. The van der Waals surface area contributed by atoms with Gasteiger partial charge in [0, 0.05) is 51.0 Å². The summed E-state index contributed by atoms with van der Waals surface area (Å²) in [4.78, 5) is 24.0. The summed E-state index contributed by atoms with van der Waals surface area (Å²) in [5.41, 5.74) is 2.26. The number of nitrogens with zero attached hydrogens (tertiary/aromatic N) is 3. The van der Waals surface area contributed by atoms with Crippen LogP contribution in [0, 0.1) is 23.6 Å². The first-order valence-electron chi connectivity index (χ1n) is 16.2. The number of hydrogen-bond acceptors (Lipinski definition) is 11. The predicted molar refractivity (Wildman–Crippen MR) is 166 cm³/mol. The monoisotopic (exact) mass is 632 g/mol. The van der Waals surface area contributed by atoms with Gasteiger partial charge >= 0.3 is 0 Å². The molecule has 0 unspecified atom stereocenters. The van der Waals surface area contributed by atoms with Gasteiger partial charge < -0.3 is 40.5 Å². The van der Waals surface area contributed by atoms with Gasteiger partial charge in [-0.2, -0.15) is 0 Å². The van der Waals surface area contributed by atoms with E-state index in [1.807, 2.05) is 18.5 Å². The maximum Gasteiger partial charge on any atom is 0.225 e. The standard InChI is InChI=1S/C33H49FN4O7/c1-2-21-16-36-33(37-17-21)38-8-5-22(6-9-38)7-10-45-20-23-3-4-25(27(34)13-23)14-28(40)26-11-24(12-26)15-35-18-29(41)31(43)32(44)30(42)19-39/h3-4,13,16-17,22,24,26,29-32,35,39,41-44H,2,5-12,14-15,18-20H2,1H3/t24?,26?,29-,30+,31+,32+/m0/s1. The Kier molecular flexibility index (Phi) is 13.6. The maximum absolute atomic E-state index is 14.8. The second kappa shape index (κ2) is 17.4. The van der Waals surface area contributed by atoms with E-state index >= 15 is 0 Å². The Morgan fingerprint density at radius 1 is 1.04 bits per heavy atom. The Hall–Kier alpha value is -2.58. The molecule has 2 aliphatic rings. The quantitative estimate of drug-likeness (QED) is 0.131. The topological polar surface area (TPSA) is 168 Å². The highest BCUT2D eigenvalue weighted by Crippen LogP contribution is 2.35. The number of halogens is 1. The summed E-state index contributed by atoms with van der Waals surface area (Å²) in [6, 6.07) is 4.94. The summed E-state index contributed by atoms with van der Waals surface area (Å²) in [5.74, 6) is 1.04. The Bertz CT molecular complexity index is 1190. The number of ketones is 1. The van der Waals surface area contributed by atoms with E-state index in [4.69, 9.17) is 9.84 Å². The molecule has 1 aliphatic heterocycles. The third kappa shape index (κ3) is 10.2. The molecule has 2 aromatic rings. The van der Waals surface area contributed by atoms with Crippen LogP contribution in [0.25, 0.3) is 0 Å². The number of aromatic nitrogens is 2. The van der Waals surface area contributed by atoms with Gasteiger partial charge in [-0.15, -0.1) is 0 Å². The third-order valence-electron chi connectivity index (χ3n) is 9.22. The van der Waals surface area contributed by atoms with E-state index in [1.54, 1.807) is 6.07 Å². The van der Waals surface area contributed by atoms with Gasteiger partial charge in [0.1, 0.15) is 29.9 Å². The molecule has 250 valence electrons. The normalized spacial score (nSPS) is 21.6. The Morgan fingerprint density at radius 2 is 1.73 bits per heavy atom. The van der Waals surface area contributed by atoms with Crippen molar-refractivity contribution in [3.8, 4) is 0 Å². The minimum absolute atomic E-state index is 0.00121. The zero-order valence-electron chi connectivity index (χ0n) is 26.1. The molecule has 1 saturated carbocycles. The fraction of sp³-hybridized carbons (Fsp3) is 0.667. The summed E-state index contributed by atoms with van der Waals surface area (Å²) in [7, 11) is 0. The number of rotatable bonds is 18. The summed E-state index contributed by atoms with van der Waals surface area (Å²) in [6.07, 6.45) is 3.02. The number of aryl methyl sites for hydroxylation is 1. The number of aliphatic hydroxyl groups excluding tert-OH is 5. The average molecular weight is 633 g/mol. The number of benzene rings is 1. The van der Waals surface area contributed by atoms with Crippen LogP contribution in [0.5, 0.6) is 0 Å². The lowest BCUT2D eigenvalue weighted by molar-refractivity contribution is -0.126. The van der Waals surface area contributed by atoms with Crippen LogP contribution < -0.4 is 10.2 Å². The molecular formula is C33H49FN4O7. The average Bonchev–Trinajstić information content (AvgIpc) is 3.04. The highest BCUT2D eigenvalue weighted by atomic mass is 19.1. The van der Waals surface area contributed by atoms with Gasteiger partial charge in [0.2, 0.25) is 5.95 Å². The summed E-state index contributed by atoms with van der Waals surface area (Å²) >= 11 is 0. The minimum Gasteiger partial charge on any atom is -0.394 e. The third-order valence-corrected chi connectivity index (χ3v) is 9.22. The van der Waals surface area contributed by atoms with Gasteiger partial charge in [-0.3, -0.25) is 4.79 Å². The number of anilines is 1. The van der Waals surface area contributed by atoms with Gasteiger partial charge in [-0.05, 0) is 79.7 Å². The van der Waals surface area contributed by atoms with Crippen LogP contribution in [0.3, 0.4) is 0 Å². The second-order valence-electron chi connectivity index (χ2n) is 12.6. The first-order chi connectivity index (χ1) is 21.7. The van der Waals surface area contributed by atoms with Crippen LogP contribution in [-0.2, 0) is 29.0 Å². The van der Waals surface area contributed by atoms with Crippen molar-refractivity contribution in [3.63, 3.8) is 0 Å². The van der Waals surface area contributed by atoms with Crippen molar-refractivity contribution < 1.29 is 39.5 Å². The number of carbonyl (C=O) groups is 1. The van der Waals surface area contributed by atoms with E-state index < -0.39 is 36.8 Å². The van der Waals surface area contributed by atoms with Crippen molar-refractivity contribution in [2.75, 3.05) is 44.3 Å². The summed E-state index contributed by atoms with van der Waals surface area (Å²) < 4.78 is 20.7. The highest BCUT2D eigenvalue weighted by molar-refractivity contribution is 5.84. The van der Waals surface area contributed by atoms with Crippen molar-refractivity contribution in [2.45, 2.75) is 82.9 Å². The zero-order chi connectivity index (χ0) is 32.3. The second-order valence-corrected chi connectivity index (χ2v) is 12.6. The number of nitrogens with one attached hydrogen (secondary N) is 1. The van der Waals surface area contributed by atoms with Gasteiger partial charge in [-0.1, -0.05) is 19.1 Å². The van der Waals surface area contributed by atoms with Gasteiger partial charge in [-0.25, -0.2) is 14.4 Å². The molecule has 2 fully saturated rings. The van der Waals surface area contributed by atoms with Gasteiger partial charge in [0.05, 0.1) is 19.3 Å². The number of piperidine rings is 1. The largest absolute Gasteiger partial charge is 0.394 e. The molecule has 1 aliphatic carbocycles. The molecule has 2 heterocycles. The van der Waals surface area contributed by atoms with E-state index in [-0.39, 0.29) is 30.6 Å². The molecule has 6 N–H and O–H groups in total. The fourth-order valence-electron chi connectivity index (χ4n) is 6.00. The molecule has 1 aromatic carbocycles. The minimum atomic E-state index is -1.66. The molecule has 45 heavy (non-hydrogen) atoms. The molecule has 12 heteroatoms. The molecule has 1 aromatic heterocycles. The van der Waals surface area contributed by atoms with E-state index in [9.17, 15) is 29.6 Å². The molecule has 11 nitrogen and oxygen atoms in total. The van der Waals surface area contributed by atoms with E-state index in [0.717, 1.165) is 55.8 Å². The van der Waals surface area contributed by atoms with Gasteiger partial charge in [0.15, 0.2) is 0 Å². The highest BCUT2D eigenvalue weighted by Gasteiger charge is 2.35. The van der Waals surface area contributed by atoms with Crippen molar-refractivity contribution >= 4 is 11.7 Å². The predicted octanol–water partition coefficient (Wildman–Crippen LogP) is 1.16. The molecule has 0 amide bonds. The van der Waals surface area contributed by atoms with Gasteiger partial charge in [0.25, 0.3) is 0 Å². The van der Waals surface area contributed by atoms with Crippen LogP contribution >= 0.6 is 0 Å². The number of carbonyl (C=O) groups excluding carboxylic acids is 1. The van der Waals surface area contributed by atoms with Crippen molar-refractivity contribution in [1.82, 2.24) is 15.3 Å². The van der Waals surface area contributed by atoms with Crippen molar-refractivity contribution in [1.29, 1.82) is 0 Å². The zero-order valence-corrected chi connectivity index (χ0v) is 26.1. The first-order valence-corrected chi connectivity index (χ1v) is 16.2. The Balaban J connectivity index is 1.08. The van der Waals surface area contributed by atoms with E-state index in [1.165, 1.54) is 6.07 Å². The molecule has 1 saturated heterocycles. The molecule has 4 atom stereocenters. The van der Waals surface area contributed by atoms with Crippen LogP contribution in [0.4, 0.5) is 10.3 Å². The van der Waals surface area contributed by atoms with Crippen LogP contribution in [0.2, 0.25) is 0 Å². The lowest BCUT2D eigenvalue weighted by Gasteiger charge is -2.35. The number of hydrogen-bond donors (Lipinski definition) is 6. The lowest BCUT2D eigenvalue weighted by atomic mass is 9.71. The lowest BCUT2D eigenvalue weighted by Crippen LogP contribution is -2.49. The van der Waals surface area contributed by atoms with Crippen molar-refractivity contribution in [2.24, 2.45) is 17.8 Å².